The highest BCUT2D eigenvalue weighted by Gasteiger charge is 2.25. The Bertz CT molecular complexity index is 1170. The summed E-state index contributed by atoms with van der Waals surface area (Å²) in [4.78, 5) is 31.0. The van der Waals surface area contributed by atoms with Crippen molar-refractivity contribution in [2.75, 3.05) is 19.5 Å². The minimum atomic E-state index is -0.465. The number of methoxy groups -OCH3 is 2. The standard InChI is InChI=1S/C24H27N3O4S/c1-15(22(28)25-16-12-18(30-2)14-19(13-16)31-3)32-24-26-21-11-7-6-10-20(21)23(29)27(24)17-8-4-5-9-17/h6-7,10-15,17H,4-5,8-9H2,1-3H3,(H,25,28). The minimum Gasteiger partial charge on any atom is -0.497 e. The van der Waals surface area contributed by atoms with Gasteiger partial charge < -0.3 is 14.8 Å². The van der Waals surface area contributed by atoms with Crippen molar-refractivity contribution in [2.45, 2.75) is 49.1 Å². The van der Waals surface area contributed by atoms with Gasteiger partial charge in [-0.2, -0.15) is 0 Å². The second-order valence-corrected chi connectivity index (χ2v) is 9.18. The molecule has 1 aliphatic carbocycles. The fourth-order valence-electron chi connectivity index (χ4n) is 4.03. The molecular weight excluding hydrogens is 426 g/mol. The number of benzene rings is 2. The maximum Gasteiger partial charge on any atom is 0.262 e. The Hall–Kier alpha value is -3.00. The number of para-hydroxylation sites is 1. The van der Waals surface area contributed by atoms with E-state index in [0.717, 1.165) is 25.7 Å². The SMILES string of the molecule is COc1cc(NC(=O)C(C)Sc2nc3ccccc3c(=O)n2C2CCCC2)cc(OC)c1. The predicted octanol–water partition coefficient (Wildman–Crippen LogP) is 4.65. The Labute approximate surface area is 191 Å². The number of carbonyl (C=O) groups excluding carboxylic acids is 1. The van der Waals surface area contributed by atoms with E-state index in [9.17, 15) is 9.59 Å². The summed E-state index contributed by atoms with van der Waals surface area (Å²) in [6.45, 7) is 1.82. The van der Waals surface area contributed by atoms with Gasteiger partial charge in [-0.25, -0.2) is 4.98 Å². The fraction of sp³-hybridized carbons (Fsp3) is 0.375. The van der Waals surface area contributed by atoms with Crippen LogP contribution in [0.2, 0.25) is 0 Å². The third-order valence-electron chi connectivity index (χ3n) is 5.74. The molecule has 1 aromatic heterocycles. The molecular formula is C24H27N3O4S. The summed E-state index contributed by atoms with van der Waals surface area (Å²) in [5.74, 6) is 0.989. The van der Waals surface area contributed by atoms with E-state index in [2.05, 4.69) is 5.32 Å². The number of anilines is 1. The van der Waals surface area contributed by atoms with Gasteiger partial charge in [-0.05, 0) is 31.9 Å². The number of aromatic nitrogens is 2. The van der Waals surface area contributed by atoms with Crippen LogP contribution in [0.15, 0.2) is 52.4 Å². The molecule has 2 aromatic carbocycles. The number of fused-ring (bicyclic) bond motifs is 1. The van der Waals surface area contributed by atoms with Crippen LogP contribution in [0.3, 0.4) is 0 Å². The molecule has 1 N–H and O–H groups in total. The molecule has 0 spiro atoms. The monoisotopic (exact) mass is 453 g/mol. The van der Waals surface area contributed by atoms with Crippen molar-refractivity contribution in [3.8, 4) is 11.5 Å². The van der Waals surface area contributed by atoms with Crippen molar-refractivity contribution >= 4 is 34.3 Å². The molecule has 8 heteroatoms. The van der Waals surface area contributed by atoms with Gasteiger partial charge in [-0.15, -0.1) is 0 Å². The van der Waals surface area contributed by atoms with E-state index in [4.69, 9.17) is 14.5 Å². The zero-order chi connectivity index (χ0) is 22.7. The van der Waals surface area contributed by atoms with Crippen molar-refractivity contribution in [3.05, 3.63) is 52.8 Å². The fourth-order valence-corrected chi connectivity index (χ4v) is 5.01. The average molecular weight is 454 g/mol. The van der Waals surface area contributed by atoms with Gasteiger partial charge in [-0.3, -0.25) is 14.2 Å². The molecule has 0 saturated heterocycles. The van der Waals surface area contributed by atoms with Crippen molar-refractivity contribution in [1.29, 1.82) is 0 Å². The third-order valence-corrected chi connectivity index (χ3v) is 6.80. The zero-order valence-corrected chi connectivity index (χ0v) is 19.3. The van der Waals surface area contributed by atoms with Gasteiger partial charge in [0.25, 0.3) is 5.56 Å². The molecule has 1 fully saturated rings. The van der Waals surface area contributed by atoms with Crippen LogP contribution in [-0.4, -0.2) is 34.9 Å². The first-order valence-electron chi connectivity index (χ1n) is 10.7. The third kappa shape index (κ3) is 4.60. The number of rotatable bonds is 7. The van der Waals surface area contributed by atoms with Gasteiger partial charge >= 0.3 is 0 Å². The first kappa shape index (κ1) is 22.2. The molecule has 1 amide bonds. The molecule has 3 aromatic rings. The van der Waals surface area contributed by atoms with Gasteiger partial charge in [0.1, 0.15) is 11.5 Å². The summed E-state index contributed by atoms with van der Waals surface area (Å²) >= 11 is 1.31. The molecule has 1 unspecified atom stereocenters. The van der Waals surface area contributed by atoms with Gasteiger partial charge in [0.15, 0.2) is 5.16 Å². The summed E-state index contributed by atoms with van der Waals surface area (Å²) in [5, 5.41) is 3.66. The Morgan fingerprint density at radius 3 is 2.44 bits per heavy atom. The number of hydrogen-bond donors (Lipinski definition) is 1. The molecule has 32 heavy (non-hydrogen) atoms. The molecule has 0 aliphatic heterocycles. The lowest BCUT2D eigenvalue weighted by Gasteiger charge is -2.20. The Morgan fingerprint density at radius 2 is 1.78 bits per heavy atom. The summed E-state index contributed by atoms with van der Waals surface area (Å²) < 4.78 is 12.4. The second kappa shape index (κ2) is 9.65. The van der Waals surface area contributed by atoms with Gasteiger partial charge in [0.05, 0.1) is 30.4 Å². The van der Waals surface area contributed by atoms with E-state index in [0.29, 0.717) is 33.2 Å². The molecule has 168 valence electrons. The quantitative estimate of drug-likeness (QED) is 0.414. The van der Waals surface area contributed by atoms with Crippen LogP contribution in [0, 0.1) is 0 Å². The number of ether oxygens (including phenoxy) is 2. The molecule has 1 aliphatic rings. The van der Waals surface area contributed by atoms with Crippen LogP contribution in [0.1, 0.15) is 38.6 Å². The number of amides is 1. The highest BCUT2D eigenvalue weighted by atomic mass is 32.2. The average Bonchev–Trinajstić information content (AvgIpc) is 3.33. The van der Waals surface area contributed by atoms with Crippen LogP contribution in [0.25, 0.3) is 10.9 Å². The molecule has 1 atom stereocenters. The second-order valence-electron chi connectivity index (χ2n) is 7.88. The van der Waals surface area contributed by atoms with Crippen molar-refractivity contribution in [3.63, 3.8) is 0 Å². The van der Waals surface area contributed by atoms with Gasteiger partial charge in [-0.1, -0.05) is 36.7 Å². The lowest BCUT2D eigenvalue weighted by molar-refractivity contribution is -0.115. The molecule has 4 rings (SSSR count). The Morgan fingerprint density at radius 1 is 1.12 bits per heavy atom. The summed E-state index contributed by atoms with van der Waals surface area (Å²) in [6, 6.07) is 12.7. The predicted molar refractivity (Wildman–Crippen MR) is 127 cm³/mol. The van der Waals surface area contributed by atoms with Crippen molar-refractivity contribution in [2.24, 2.45) is 0 Å². The van der Waals surface area contributed by atoms with Crippen molar-refractivity contribution in [1.82, 2.24) is 9.55 Å². The van der Waals surface area contributed by atoms with Crippen LogP contribution in [0.4, 0.5) is 5.69 Å². The normalized spacial score (nSPS) is 15.0. The van der Waals surface area contributed by atoms with E-state index < -0.39 is 5.25 Å². The van der Waals surface area contributed by atoms with E-state index in [1.807, 2.05) is 31.2 Å². The number of nitrogens with zero attached hydrogens (tertiary/aromatic N) is 2. The number of thioether (sulfide) groups is 1. The lowest BCUT2D eigenvalue weighted by Crippen LogP contribution is -2.29. The number of hydrogen-bond acceptors (Lipinski definition) is 6. The minimum absolute atomic E-state index is 0.0323. The summed E-state index contributed by atoms with van der Waals surface area (Å²) in [7, 11) is 3.12. The van der Waals surface area contributed by atoms with E-state index in [1.54, 1.807) is 37.0 Å². The van der Waals surface area contributed by atoms with E-state index >= 15 is 0 Å². The maximum absolute atomic E-state index is 13.3. The first-order chi connectivity index (χ1) is 15.5. The molecule has 1 saturated carbocycles. The highest BCUT2D eigenvalue weighted by Crippen LogP contribution is 2.34. The smallest absolute Gasteiger partial charge is 0.262 e. The highest BCUT2D eigenvalue weighted by molar-refractivity contribution is 8.00. The number of carbonyl (C=O) groups is 1. The summed E-state index contributed by atoms with van der Waals surface area (Å²) in [5.41, 5.74) is 1.20. The molecule has 1 heterocycles. The zero-order valence-electron chi connectivity index (χ0n) is 18.5. The van der Waals surface area contributed by atoms with Crippen LogP contribution in [-0.2, 0) is 4.79 Å². The molecule has 0 radical (unpaired) electrons. The Kier molecular flexibility index (Phi) is 6.69. The Balaban J connectivity index is 1.62. The number of nitrogens with one attached hydrogen (secondary N) is 1. The van der Waals surface area contributed by atoms with E-state index in [-0.39, 0.29) is 17.5 Å². The topological polar surface area (TPSA) is 82.5 Å². The van der Waals surface area contributed by atoms with Crippen LogP contribution >= 0.6 is 11.8 Å². The van der Waals surface area contributed by atoms with Gasteiger partial charge in [0, 0.05) is 29.9 Å². The van der Waals surface area contributed by atoms with Crippen LogP contribution in [0.5, 0.6) is 11.5 Å². The maximum atomic E-state index is 13.3. The van der Waals surface area contributed by atoms with Crippen molar-refractivity contribution < 1.29 is 14.3 Å². The molecule has 7 nitrogen and oxygen atoms in total. The van der Waals surface area contributed by atoms with E-state index in [1.165, 1.54) is 11.8 Å². The molecule has 0 bridgehead atoms. The van der Waals surface area contributed by atoms with Gasteiger partial charge in [0.2, 0.25) is 5.91 Å². The largest absolute Gasteiger partial charge is 0.497 e. The first-order valence-corrected chi connectivity index (χ1v) is 11.6. The lowest BCUT2D eigenvalue weighted by atomic mass is 10.2. The van der Waals surface area contributed by atoms with Crippen LogP contribution < -0.4 is 20.3 Å². The summed E-state index contributed by atoms with van der Waals surface area (Å²) in [6.07, 6.45) is 4.11.